The van der Waals surface area contributed by atoms with Crippen molar-refractivity contribution in [3.05, 3.63) is 84.2 Å². The summed E-state index contributed by atoms with van der Waals surface area (Å²) >= 11 is 0. The first kappa shape index (κ1) is 23.9. The lowest BCUT2D eigenvalue weighted by molar-refractivity contribution is -0.117. The summed E-state index contributed by atoms with van der Waals surface area (Å²) < 4.78 is 13.5. The molecule has 1 aliphatic heterocycles. The minimum atomic E-state index is 0.0721. The van der Waals surface area contributed by atoms with Crippen molar-refractivity contribution in [1.82, 2.24) is 9.55 Å². The van der Waals surface area contributed by atoms with Gasteiger partial charge in [-0.2, -0.15) is 0 Å². The second-order valence-electron chi connectivity index (χ2n) is 9.23. The second kappa shape index (κ2) is 10.9. The third kappa shape index (κ3) is 4.94. The van der Waals surface area contributed by atoms with E-state index in [9.17, 15) is 4.79 Å². The number of aryl methyl sites for hydroxylation is 2. The molecule has 1 amide bonds. The predicted molar refractivity (Wildman–Crippen MR) is 143 cm³/mol. The molecule has 0 radical (unpaired) electrons. The number of fused-ring (bicyclic) bond motifs is 1. The molecule has 6 heteroatoms. The molecule has 4 aromatic rings. The number of carbonyl (C=O) groups is 1. The molecule has 186 valence electrons. The van der Waals surface area contributed by atoms with Crippen LogP contribution < -0.4 is 14.4 Å². The molecule has 36 heavy (non-hydrogen) atoms. The molecule has 0 bridgehead atoms. The standard InChI is InChI=1S/C30H33N3O3/c1-3-22-11-4-6-15-27(22)33-21-23(19-29(33)34)30-31-26-14-5-7-16-28(26)32(30)17-8-9-18-36-25-13-10-12-24(20-25)35-2/h4-7,10-16,20,23H,3,8-9,17-19,21H2,1-2H3. The average Bonchev–Trinajstić information content (AvgIpc) is 3.49. The number of amides is 1. The molecule has 1 unspecified atom stereocenters. The number of anilines is 1. The van der Waals surface area contributed by atoms with E-state index in [0.29, 0.717) is 19.6 Å². The Hall–Kier alpha value is -3.80. The lowest BCUT2D eigenvalue weighted by Crippen LogP contribution is -2.25. The summed E-state index contributed by atoms with van der Waals surface area (Å²) in [6.07, 6.45) is 3.27. The number of imidazole rings is 1. The lowest BCUT2D eigenvalue weighted by Gasteiger charge is -2.20. The van der Waals surface area contributed by atoms with Crippen LogP contribution in [0.25, 0.3) is 11.0 Å². The van der Waals surface area contributed by atoms with Gasteiger partial charge >= 0.3 is 0 Å². The molecule has 1 aliphatic rings. The quantitative estimate of drug-likeness (QED) is 0.260. The molecule has 1 atom stereocenters. The van der Waals surface area contributed by atoms with Gasteiger partial charge < -0.3 is 18.9 Å². The molecule has 6 nitrogen and oxygen atoms in total. The molecule has 0 spiro atoms. The normalized spacial score (nSPS) is 15.6. The first-order chi connectivity index (χ1) is 17.7. The average molecular weight is 484 g/mol. The molecule has 0 saturated carbocycles. The Bertz CT molecular complexity index is 1350. The van der Waals surface area contributed by atoms with E-state index in [0.717, 1.165) is 59.9 Å². The van der Waals surface area contributed by atoms with Gasteiger partial charge in [-0.25, -0.2) is 4.98 Å². The Morgan fingerprint density at radius 1 is 0.972 bits per heavy atom. The van der Waals surface area contributed by atoms with Gasteiger partial charge in [0.15, 0.2) is 0 Å². The Kier molecular flexibility index (Phi) is 7.21. The molecule has 0 N–H and O–H groups in total. The Balaban J connectivity index is 1.29. The van der Waals surface area contributed by atoms with E-state index in [-0.39, 0.29) is 11.8 Å². The fourth-order valence-electron chi connectivity index (χ4n) is 5.08. The molecule has 1 fully saturated rings. The van der Waals surface area contributed by atoms with Gasteiger partial charge in [0.25, 0.3) is 0 Å². The third-order valence-electron chi connectivity index (χ3n) is 6.92. The largest absolute Gasteiger partial charge is 0.497 e. The van der Waals surface area contributed by atoms with Gasteiger partial charge in [-0.05, 0) is 55.2 Å². The maximum absolute atomic E-state index is 13.1. The van der Waals surface area contributed by atoms with Crippen molar-refractivity contribution in [2.24, 2.45) is 0 Å². The lowest BCUT2D eigenvalue weighted by atomic mass is 10.1. The highest BCUT2D eigenvalue weighted by atomic mass is 16.5. The van der Waals surface area contributed by atoms with E-state index in [4.69, 9.17) is 14.5 Å². The van der Waals surface area contributed by atoms with Crippen LogP contribution in [-0.4, -0.2) is 35.7 Å². The number of hydrogen-bond donors (Lipinski definition) is 0. The topological polar surface area (TPSA) is 56.6 Å². The zero-order valence-electron chi connectivity index (χ0n) is 21.0. The number of benzene rings is 3. The van der Waals surface area contributed by atoms with Gasteiger partial charge in [0.1, 0.15) is 17.3 Å². The van der Waals surface area contributed by atoms with Gasteiger partial charge in [0, 0.05) is 37.2 Å². The summed E-state index contributed by atoms with van der Waals surface area (Å²) in [6, 6.07) is 24.2. The van der Waals surface area contributed by atoms with Gasteiger partial charge in [-0.15, -0.1) is 0 Å². The highest BCUT2D eigenvalue weighted by Gasteiger charge is 2.35. The number of para-hydroxylation sites is 3. The molecule has 2 heterocycles. The molecule has 0 aliphatic carbocycles. The number of ether oxygens (including phenoxy) is 2. The van der Waals surface area contributed by atoms with E-state index < -0.39 is 0 Å². The Morgan fingerprint density at radius 2 is 1.78 bits per heavy atom. The van der Waals surface area contributed by atoms with E-state index in [1.54, 1.807) is 7.11 Å². The maximum Gasteiger partial charge on any atom is 0.227 e. The van der Waals surface area contributed by atoms with E-state index in [1.807, 2.05) is 47.4 Å². The summed E-state index contributed by atoms with van der Waals surface area (Å²) in [6.45, 7) is 4.28. The number of rotatable bonds is 10. The van der Waals surface area contributed by atoms with Crippen molar-refractivity contribution in [3.63, 3.8) is 0 Å². The first-order valence-corrected chi connectivity index (χ1v) is 12.8. The molecule has 1 aromatic heterocycles. The fourth-order valence-corrected chi connectivity index (χ4v) is 5.08. The van der Waals surface area contributed by atoms with Crippen molar-refractivity contribution in [2.75, 3.05) is 25.2 Å². The van der Waals surface area contributed by atoms with Gasteiger partial charge in [-0.3, -0.25) is 4.79 Å². The summed E-state index contributed by atoms with van der Waals surface area (Å²) in [7, 11) is 1.66. The summed E-state index contributed by atoms with van der Waals surface area (Å²) in [5, 5.41) is 0. The van der Waals surface area contributed by atoms with E-state index in [1.165, 1.54) is 5.56 Å². The van der Waals surface area contributed by atoms with Crippen LogP contribution in [0.3, 0.4) is 0 Å². The van der Waals surface area contributed by atoms with Crippen LogP contribution in [0.4, 0.5) is 5.69 Å². The van der Waals surface area contributed by atoms with Gasteiger partial charge in [-0.1, -0.05) is 43.3 Å². The third-order valence-corrected chi connectivity index (χ3v) is 6.92. The van der Waals surface area contributed by atoms with Gasteiger partial charge in [0.05, 0.1) is 24.8 Å². The van der Waals surface area contributed by atoms with E-state index >= 15 is 0 Å². The van der Waals surface area contributed by atoms with Crippen LogP contribution in [0.15, 0.2) is 72.8 Å². The van der Waals surface area contributed by atoms with Crippen LogP contribution in [0, 0.1) is 0 Å². The number of nitrogens with zero attached hydrogens (tertiary/aromatic N) is 3. The number of unbranched alkanes of at least 4 members (excludes halogenated alkanes) is 1. The fraction of sp³-hybridized carbons (Fsp3) is 0.333. The highest BCUT2D eigenvalue weighted by molar-refractivity contribution is 5.97. The number of methoxy groups -OCH3 is 1. The monoisotopic (exact) mass is 483 g/mol. The maximum atomic E-state index is 13.1. The predicted octanol–water partition coefficient (Wildman–Crippen LogP) is 5.99. The summed E-state index contributed by atoms with van der Waals surface area (Å²) in [5.41, 5.74) is 4.35. The molecular weight excluding hydrogens is 450 g/mol. The van der Waals surface area contributed by atoms with Crippen molar-refractivity contribution in [3.8, 4) is 11.5 Å². The minimum Gasteiger partial charge on any atom is -0.497 e. The smallest absolute Gasteiger partial charge is 0.227 e. The van der Waals surface area contributed by atoms with Crippen molar-refractivity contribution in [1.29, 1.82) is 0 Å². The highest BCUT2D eigenvalue weighted by Crippen LogP contribution is 2.35. The Morgan fingerprint density at radius 3 is 2.64 bits per heavy atom. The summed E-state index contributed by atoms with van der Waals surface area (Å²) in [5.74, 6) is 2.87. The SMILES string of the molecule is CCc1ccccc1N1CC(c2nc3ccccc3n2CCCCOc2cccc(OC)c2)CC1=O. The molecule has 1 saturated heterocycles. The zero-order valence-corrected chi connectivity index (χ0v) is 21.0. The van der Waals surface area contributed by atoms with Crippen LogP contribution >= 0.6 is 0 Å². The van der Waals surface area contributed by atoms with E-state index in [2.05, 4.69) is 41.8 Å². The van der Waals surface area contributed by atoms with Crippen LogP contribution in [-0.2, 0) is 17.8 Å². The number of hydrogen-bond acceptors (Lipinski definition) is 4. The van der Waals surface area contributed by atoms with Gasteiger partial charge in [0.2, 0.25) is 5.91 Å². The first-order valence-electron chi connectivity index (χ1n) is 12.8. The van der Waals surface area contributed by atoms with Crippen LogP contribution in [0.1, 0.15) is 43.5 Å². The summed E-state index contributed by atoms with van der Waals surface area (Å²) in [4.78, 5) is 20.1. The molecule has 3 aromatic carbocycles. The van der Waals surface area contributed by atoms with Crippen molar-refractivity contribution >= 4 is 22.6 Å². The molecule has 5 rings (SSSR count). The molecular formula is C30H33N3O3. The van der Waals surface area contributed by atoms with Crippen molar-refractivity contribution in [2.45, 2.75) is 45.1 Å². The van der Waals surface area contributed by atoms with Crippen LogP contribution in [0.5, 0.6) is 11.5 Å². The van der Waals surface area contributed by atoms with Crippen LogP contribution in [0.2, 0.25) is 0 Å². The Labute approximate surface area is 212 Å². The number of carbonyl (C=O) groups excluding carboxylic acids is 1. The number of aromatic nitrogens is 2. The zero-order chi connectivity index (χ0) is 24.9. The minimum absolute atomic E-state index is 0.0721. The van der Waals surface area contributed by atoms with Crippen molar-refractivity contribution < 1.29 is 14.3 Å². The second-order valence-corrected chi connectivity index (χ2v) is 9.23.